The van der Waals surface area contributed by atoms with Crippen LogP contribution in [0.15, 0.2) is 53.6 Å². The molecule has 0 radical (unpaired) electrons. The number of nitrogens with one attached hydrogen (secondary N) is 1. The molecule has 1 atom stereocenters. The Kier molecular flexibility index (Phi) is 6.30. The molecule has 0 unspecified atom stereocenters. The lowest BCUT2D eigenvalue weighted by atomic mass is 9.98. The van der Waals surface area contributed by atoms with E-state index < -0.39 is 5.54 Å². The molecule has 0 bridgehead atoms. The highest BCUT2D eigenvalue weighted by Gasteiger charge is 2.33. The minimum atomic E-state index is -0.580. The van der Waals surface area contributed by atoms with Gasteiger partial charge in [0, 0.05) is 12.0 Å². The molecule has 0 saturated carbocycles. The Bertz CT molecular complexity index is 879. The van der Waals surface area contributed by atoms with E-state index in [1.807, 2.05) is 38.1 Å². The van der Waals surface area contributed by atoms with E-state index >= 15 is 0 Å². The maximum atomic E-state index is 13.4. The van der Waals surface area contributed by atoms with Crippen molar-refractivity contribution in [3.05, 3.63) is 65.5 Å². The number of amides is 1. The number of nitrogens with zero attached hydrogens (tertiary/aromatic N) is 2. The first-order valence-corrected chi connectivity index (χ1v) is 9.48. The summed E-state index contributed by atoms with van der Waals surface area (Å²) in [7, 11) is 1.61. The SMILES string of the molecule is COc1ccc(C2=NN(C(=O)CNC(C)(C)CO)[C@@H](c3ccc(F)cc3)C2)cc1. The van der Waals surface area contributed by atoms with Crippen LogP contribution in [0.3, 0.4) is 0 Å². The molecule has 3 rings (SSSR count). The number of methoxy groups -OCH3 is 1. The van der Waals surface area contributed by atoms with Crippen molar-refractivity contribution in [3.8, 4) is 5.75 Å². The van der Waals surface area contributed by atoms with E-state index in [1.54, 1.807) is 19.2 Å². The first-order valence-electron chi connectivity index (χ1n) is 9.48. The van der Waals surface area contributed by atoms with Gasteiger partial charge in [0.2, 0.25) is 0 Å². The molecular weight excluding hydrogens is 373 g/mol. The molecule has 1 aliphatic rings. The number of carbonyl (C=O) groups excluding carboxylic acids is 1. The lowest BCUT2D eigenvalue weighted by molar-refractivity contribution is -0.132. The van der Waals surface area contributed by atoms with Crippen LogP contribution in [0.2, 0.25) is 0 Å². The Morgan fingerprint density at radius 3 is 2.48 bits per heavy atom. The molecule has 0 aliphatic carbocycles. The summed E-state index contributed by atoms with van der Waals surface area (Å²) in [4.78, 5) is 12.9. The summed E-state index contributed by atoms with van der Waals surface area (Å²) in [6.07, 6.45) is 0.521. The van der Waals surface area contributed by atoms with Gasteiger partial charge in [0.05, 0.1) is 32.0 Å². The van der Waals surface area contributed by atoms with Crippen LogP contribution in [0.25, 0.3) is 0 Å². The Hall–Kier alpha value is -2.77. The van der Waals surface area contributed by atoms with Crippen LogP contribution in [-0.2, 0) is 4.79 Å². The van der Waals surface area contributed by atoms with Crippen molar-refractivity contribution in [1.29, 1.82) is 0 Å². The molecule has 154 valence electrons. The van der Waals surface area contributed by atoms with Crippen LogP contribution in [0, 0.1) is 5.82 Å². The zero-order chi connectivity index (χ0) is 21.0. The van der Waals surface area contributed by atoms with Gasteiger partial charge in [0.15, 0.2) is 0 Å². The number of aliphatic hydroxyl groups excluding tert-OH is 1. The fraction of sp³-hybridized carbons (Fsp3) is 0.364. The van der Waals surface area contributed by atoms with Crippen molar-refractivity contribution in [2.45, 2.75) is 31.8 Å². The summed E-state index contributed by atoms with van der Waals surface area (Å²) in [5.41, 5.74) is 1.91. The summed E-state index contributed by atoms with van der Waals surface area (Å²) in [6, 6.07) is 13.3. The first kappa shape index (κ1) is 21.0. The number of aliphatic hydroxyl groups is 1. The summed E-state index contributed by atoms with van der Waals surface area (Å²) in [6.45, 7) is 3.56. The van der Waals surface area contributed by atoms with Crippen LogP contribution in [0.1, 0.15) is 37.4 Å². The highest BCUT2D eigenvalue weighted by atomic mass is 19.1. The molecule has 2 N–H and O–H groups in total. The second kappa shape index (κ2) is 8.71. The molecule has 0 spiro atoms. The van der Waals surface area contributed by atoms with Gasteiger partial charge in [-0.25, -0.2) is 9.40 Å². The normalized spacial score (nSPS) is 16.7. The number of rotatable bonds is 7. The van der Waals surface area contributed by atoms with Crippen LogP contribution in [0.5, 0.6) is 5.75 Å². The van der Waals surface area contributed by atoms with Gasteiger partial charge in [-0.1, -0.05) is 12.1 Å². The van der Waals surface area contributed by atoms with Gasteiger partial charge in [0.25, 0.3) is 5.91 Å². The lowest BCUT2D eigenvalue weighted by Crippen LogP contribution is -2.47. The highest BCUT2D eigenvalue weighted by molar-refractivity contribution is 6.03. The third kappa shape index (κ3) is 4.99. The third-order valence-electron chi connectivity index (χ3n) is 4.96. The van der Waals surface area contributed by atoms with Crippen molar-refractivity contribution < 1.29 is 19.0 Å². The molecule has 2 aromatic carbocycles. The van der Waals surface area contributed by atoms with Crippen molar-refractivity contribution in [1.82, 2.24) is 10.3 Å². The average Bonchev–Trinajstić information content (AvgIpc) is 3.18. The number of benzene rings is 2. The fourth-order valence-electron chi connectivity index (χ4n) is 3.09. The molecule has 0 aromatic heterocycles. The molecule has 7 heteroatoms. The van der Waals surface area contributed by atoms with E-state index in [-0.39, 0.29) is 30.9 Å². The molecule has 2 aromatic rings. The topological polar surface area (TPSA) is 74.2 Å². The monoisotopic (exact) mass is 399 g/mol. The van der Waals surface area contributed by atoms with Crippen LogP contribution >= 0.6 is 0 Å². The molecule has 1 amide bonds. The summed E-state index contributed by atoms with van der Waals surface area (Å²) >= 11 is 0. The van der Waals surface area contributed by atoms with E-state index in [0.29, 0.717) is 6.42 Å². The predicted octanol–water partition coefficient (Wildman–Crippen LogP) is 2.87. The zero-order valence-electron chi connectivity index (χ0n) is 16.9. The van der Waals surface area contributed by atoms with E-state index in [2.05, 4.69) is 10.4 Å². The quantitative estimate of drug-likeness (QED) is 0.751. The minimum Gasteiger partial charge on any atom is -0.497 e. The molecule has 6 nitrogen and oxygen atoms in total. The van der Waals surface area contributed by atoms with Gasteiger partial charge in [-0.15, -0.1) is 0 Å². The average molecular weight is 399 g/mol. The van der Waals surface area contributed by atoms with Gasteiger partial charge in [-0.05, 0) is 61.4 Å². The zero-order valence-corrected chi connectivity index (χ0v) is 16.9. The number of carbonyl (C=O) groups is 1. The molecular formula is C22H26FN3O3. The van der Waals surface area contributed by atoms with E-state index in [1.165, 1.54) is 17.1 Å². The van der Waals surface area contributed by atoms with E-state index in [4.69, 9.17) is 4.74 Å². The maximum absolute atomic E-state index is 13.4. The molecule has 1 aliphatic heterocycles. The van der Waals surface area contributed by atoms with Gasteiger partial charge >= 0.3 is 0 Å². The second-order valence-corrected chi connectivity index (χ2v) is 7.68. The summed E-state index contributed by atoms with van der Waals surface area (Å²) in [5.74, 6) is 0.197. The minimum absolute atomic E-state index is 0.0324. The van der Waals surface area contributed by atoms with Gasteiger partial charge in [0.1, 0.15) is 11.6 Å². The maximum Gasteiger partial charge on any atom is 0.257 e. The Labute approximate surface area is 170 Å². The van der Waals surface area contributed by atoms with Crippen LogP contribution in [0.4, 0.5) is 4.39 Å². The number of hydrogen-bond acceptors (Lipinski definition) is 5. The highest BCUT2D eigenvalue weighted by Crippen LogP contribution is 2.33. The number of halogens is 1. The Morgan fingerprint density at radius 2 is 1.90 bits per heavy atom. The third-order valence-corrected chi connectivity index (χ3v) is 4.96. The Morgan fingerprint density at radius 1 is 1.24 bits per heavy atom. The molecule has 1 heterocycles. The van der Waals surface area contributed by atoms with Gasteiger partial charge in [-0.2, -0.15) is 5.10 Å². The van der Waals surface area contributed by atoms with Crippen molar-refractivity contribution in [3.63, 3.8) is 0 Å². The summed E-state index contributed by atoms with van der Waals surface area (Å²) in [5, 5.41) is 18.5. The molecule has 0 fully saturated rings. The van der Waals surface area contributed by atoms with Crippen molar-refractivity contribution in [2.75, 3.05) is 20.3 Å². The molecule has 0 saturated heterocycles. The van der Waals surface area contributed by atoms with E-state index in [0.717, 1.165) is 22.6 Å². The molecule has 29 heavy (non-hydrogen) atoms. The van der Waals surface area contributed by atoms with E-state index in [9.17, 15) is 14.3 Å². The van der Waals surface area contributed by atoms with Crippen LogP contribution in [-0.4, -0.2) is 47.5 Å². The number of hydrazone groups is 1. The van der Waals surface area contributed by atoms with Crippen molar-refractivity contribution in [2.24, 2.45) is 5.10 Å². The van der Waals surface area contributed by atoms with Crippen molar-refractivity contribution >= 4 is 11.6 Å². The number of hydrogen-bond donors (Lipinski definition) is 2. The predicted molar refractivity (Wildman–Crippen MR) is 109 cm³/mol. The van der Waals surface area contributed by atoms with Gasteiger partial charge in [-0.3, -0.25) is 4.79 Å². The standard InChI is InChI=1S/C22H26FN3O3/c1-22(2,14-27)24-13-21(28)26-20(16-4-8-17(23)9-5-16)12-19(25-26)15-6-10-18(29-3)11-7-15/h4-11,20,24,27H,12-14H2,1-3H3/t20-/m1/s1. The van der Waals surface area contributed by atoms with Gasteiger partial charge < -0.3 is 15.2 Å². The fourth-order valence-corrected chi connectivity index (χ4v) is 3.09. The lowest BCUT2D eigenvalue weighted by Gasteiger charge is -2.26. The largest absolute Gasteiger partial charge is 0.497 e. The smallest absolute Gasteiger partial charge is 0.257 e. The number of ether oxygens (including phenoxy) is 1. The Balaban J connectivity index is 1.86. The summed E-state index contributed by atoms with van der Waals surface area (Å²) < 4.78 is 18.6. The first-order chi connectivity index (χ1) is 13.8. The van der Waals surface area contributed by atoms with Crippen LogP contribution < -0.4 is 10.1 Å². The second-order valence-electron chi connectivity index (χ2n) is 7.68.